The zero-order valence-electron chi connectivity index (χ0n) is 11.2. The number of ether oxygens (including phenoxy) is 3. The van der Waals surface area contributed by atoms with Crippen LogP contribution in [0.15, 0.2) is 24.3 Å². The highest BCUT2D eigenvalue weighted by atomic mass is 16.5. The van der Waals surface area contributed by atoms with Crippen LogP contribution in [-0.4, -0.2) is 26.9 Å². The van der Waals surface area contributed by atoms with Gasteiger partial charge in [0.05, 0.1) is 13.2 Å². The van der Waals surface area contributed by atoms with Crippen LogP contribution in [-0.2, 0) is 4.74 Å². The second-order valence-corrected chi connectivity index (χ2v) is 5.14. The molecule has 1 aromatic carbocycles. The predicted molar refractivity (Wildman–Crippen MR) is 68.8 cm³/mol. The zero-order valence-corrected chi connectivity index (χ0v) is 11.2. The van der Waals surface area contributed by atoms with Crippen LogP contribution in [0.3, 0.4) is 0 Å². The minimum Gasteiger partial charge on any atom is -0.489 e. The normalized spacial score (nSPS) is 11.3. The van der Waals surface area contributed by atoms with Gasteiger partial charge in [-0.15, -0.1) is 0 Å². The van der Waals surface area contributed by atoms with E-state index < -0.39 is 0 Å². The Balaban J connectivity index is 2.58. The minimum absolute atomic E-state index is 0.139. The summed E-state index contributed by atoms with van der Waals surface area (Å²) >= 11 is 0. The lowest BCUT2D eigenvalue weighted by Crippen LogP contribution is -2.17. The molecule has 0 saturated carbocycles. The lowest BCUT2D eigenvalue weighted by atomic mass is 9.99. The van der Waals surface area contributed by atoms with Gasteiger partial charge in [-0.05, 0) is 17.5 Å². The summed E-state index contributed by atoms with van der Waals surface area (Å²) in [5.74, 6) is 1.56. The molecule has 0 fully saturated rings. The van der Waals surface area contributed by atoms with Crippen LogP contribution < -0.4 is 9.47 Å². The van der Waals surface area contributed by atoms with Gasteiger partial charge in [0.25, 0.3) is 0 Å². The number of benzene rings is 1. The molecule has 0 heterocycles. The first-order valence-corrected chi connectivity index (χ1v) is 5.86. The first-order valence-electron chi connectivity index (χ1n) is 5.86. The highest BCUT2D eigenvalue weighted by Crippen LogP contribution is 2.28. The zero-order chi connectivity index (χ0) is 12.7. The van der Waals surface area contributed by atoms with Crippen LogP contribution in [0.5, 0.6) is 11.5 Å². The molecule has 0 N–H and O–H groups in total. The van der Waals surface area contributed by atoms with E-state index in [1.165, 1.54) is 0 Å². The van der Waals surface area contributed by atoms with Gasteiger partial charge in [-0.1, -0.05) is 32.9 Å². The number of hydrogen-bond donors (Lipinski definition) is 0. The third kappa shape index (κ3) is 5.59. The maximum atomic E-state index is 5.77. The van der Waals surface area contributed by atoms with Gasteiger partial charge in [-0.2, -0.15) is 0 Å². The molecular formula is C14H22O3. The first kappa shape index (κ1) is 13.8. The molecule has 0 radical (unpaired) electrons. The Morgan fingerprint density at radius 1 is 0.941 bits per heavy atom. The number of methoxy groups -OCH3 is 1. The van der Waals surface area contributed by atoms with Gasteiger partial charge < -0.3 is 14.2 Å². The summed E-state index contributed by atoms with van der Waals surface area (Å²) in [4.78, 5) is 0. The van der Waals surface area contributed by atoms with Gasteiger partial charge >= 0.3 is 0 Å². The Morgan fingerprint density at radius 2 is 1.53 bits per heavy atom. The SMILES string of the molecule is COCCOc1ccccc1OCC(C)(C)C. The molecule has 0 amide bonds. The van der Waals surface area contributed by atoms with Crippen LogP contribution >= 0.6 is 0 Å². The van der Waals surface area contributed by atoms with Crippen molar-refractivity contribution in [3.8, 4) is 11.5 Å². The first-order chi connectivity index (χ1) is 8.03. The van der Waals surface area contributed by atoms with Crippen molar-refractivity contribution in [2.45, 2.75) is 20.8 Å². The van der Waals surface area contributed by atoms with Gasteiger partial charge in [0, 0.05) is 7.11 Å². The maximum Gasteiger partial charge on any atom is 0.161 e. The number of rotatable bonds is 6. The van der Waals surface area contributed by atoms with Crippen molar-refractivity contribution in [2.75, 3.05) is 26.9 Å². The Kier molecular flexibility index (Phi) is 5.29. The summed E-state index contributed by atoms with van der Waals surface area (Å²) in [6, 6.07) is 7.72. The Bertz CT molecular complexity index is 328. The van der Waals surface area contributed by atoms with Crippen LogP contribution in [0.2, 0.25) is 0 Å². The quantitative estimate of drug-likeness (QED) is 0.713. The second-order valence-electron chi connectivity index (χ2n) is 5.14. The van der Waals surface area contributed by atoms with E-state index in [0.29, 0.717) is 19.8 Å². The average molecular weight is 238 g/mol. The Hall–Kier alpha value is -1.22. The fourth-order valence-electron chi connectivity index (χ4n) is 1.22. The van der Waals surface area contributed by atoms with E-state index >= 15 is 0 Å². The molecule has 0 bridgehead atoms. The second kappa shape index (κ2) is 6.50. The largest absolute Gasteiger partial charge is 0.489 e. The average Bonchev–Trinajstić information content (AvgIpc) is 2.27. The fourth-order valence-corrected chi connectivity index (χ4v) is 1.22. The van der Waals surface area contributed by atoms with Crippen molar-refractivity contribution < 1.29 is 14.2 Å². The van der Waals surface area contributed by atoms with Gasteiger partial charge in [0.2, 0.25) is 0 Å². The molecule has 17 heavy (non-hydrogen) atoms. The van der Waals surface area contributed by atoms with Crippen LogP contribution in [0.4, 0.5) is 0 Å². The summed E-state index contributed by atoms with van der Waals surface area (Å²) in [5.41, 5.74) is 0.139. The van der Waals surface area contributed by atoms with Crippen molar-refractivity contribution in [1.29, 1.82) is 0 Å². The highest BCUT2D eigenvalue weighted by molar-refractivity contribution is 5.39. The van der Waals surface area contributed by atoms with Crippen molar-refractivity contribution in [3.63, 3.8) is 0 Å². The number of hydrogen-bond acceptors (Lipinski definition) is 3. The summed E-state index contributed by atoms with van der Waals surface area (Å²) < 4.78 is 16.3. The number of para-hydroxylation sites is 2. The molecule has 96 valence electrons. The maximum absolute atomic E-state index is 5.77. The van der Waals surface area contributed by atoms with Crippen molar-refractivity contribution in [2.24, 2.45) is 5.41 Å². The lowest BCUT2D eigenvalue weighted by molar-refractivity contribution is 0.139. The lowest BCUT2D eigenvalue weighted by Gasteiger charge is -2.20. The van der Waals surface area contributed by atoms with Gasteiger partial charge in [-0.3, -0.25) is 0 Å². The predicted octanol–water partition coefficient (Wildman–Crippen LogP) is 3.14. The van der Waals surface area contributed by atoms with E-state index in [-0.39, 0.29) is 5.41 Å². The highest BCUT2D eigenvalue weighted by Gasteiger charge is 2.12. The molecule has 1 rings (SSSR count). The van der Waals surface area contributed by atoms with Crippen LogP contribution in [0.1, 0.15) is 20.8 Å². The van der Waals surface area contributed by atoms with E-state index in [1.54, 1.807) is 7.11 Å². The van der Waals surface area contributed by atoms with Crippen molar-refractivity contribution >= 4 is 0 Å². The molecule has 0 aliphatic rings. The molecule has 0 saturated heterocycles. The Morgan fingerprint density at radius 3 is 2.06 bits per heavy atom. The molecule has 0 aliphatic heterocycles. The summed E-state index contributed by atoms with van der Waals surface area (Å²) in [6.07, 6.45) is 0. The molecule has 0 aliphatic carbocycles. The van der Waals surface area contributed by atoms with Gasteiger partial charge in [-0.25, -0.2) is 0 Å². The van der Waals surface area contributed by atoms with E-state index in [4.69, 9.17) is 14.2 Å². The van der Waals surface area contributed by atoms with E-state index in [9.17, 15) is 0 Å². The monoisotopic (exact) mass is 238 g/mol. The topological polar surface area (TPSA) is 27.7 Å². The van der Waals surface area contributed by atoms with E-state index in [1.807, 2.05) is 24.3 Å². The van der Waals surface area contributed by atoms with E-state index in [0.717, 1.165) is 11.5 Å². The standard InChI is InChI=1S/C14H22O3/c1-14(2,3)11-17-13-8-6-5-7-12(13)16-10-9-15-4/h5-8H,9-11H2,1-4H3. The van der Waals surface area contributed by atoms with Crippen molar-refractivity contribution in [1.82, 2.24) is 0 Å². The molecule has 3 nitrogen and oxygen atoms in total. The third-order valence-corrected chi connectivity index (χ3v) is 2.05. The summed E-state index contributed by atoms with van der Waals surface area (Å²) in [5, 5.41) is 0. The summed E-state index contributed by atoms with van der Waals surface area (Å²) in [6.45, 7) is 8.20. The van der Waals surface area contributed by atoms with E-state index in [2.05, 4.69) is 20.8 Å². The fraction of sp³-hybridized carbons (Fsp3) is 0.571. The van der Waals surface area contributed by atoms with Crippen molar-refractivity contribution in [3.05, 3.63) is 24.3 Å². The molecule has 3 heteroatoms. The molecular weight excluding hydrogens is 216 g/mol. The minimum atomic E-state index is 0.139. The smallest absolute Gasteiger partial charge is 0.161 e. The summed E-state index contributed by atoms with van der Waals surface area (Å²) in [7, 11) is 1.66. The molecule has 0 unspecified atom stereocenters. The van der Waals surface area contributed by atoms with Gasteiger partial charge in [0.1, 0.15) is 6.61 Å². The van der Waals surface area contributed by atoms with Crippen LogP contribution in [0.25, 0.3) is 0 Å². The molecule has 1 aromatic rings. The molecule has 0 spiro atoms. The van der Waals surface area contributed by atoms with Crippen LogP contribution in [0, 0.1) is 5.41 Å². The molecule has 0 aromatic heterocycles. The van der Waals surface area contributed by atoms with Gasteiger partial charge in [0.15, 0.2) is 11.5 Å². The Labute approximate surface area is 104 Å². The third-order valence-electron chi connectivity index (χ3n) is 2.05. The molecule has 0 atom stereocenters.